The first-order chi connectivity index (χ1) is 9.00. The van der Waals surface area contributed by atoms with Gasteiger partial charge in [0.15, 0.2) is 9.84 Å². The van der Waals surface area contributed by atoms with Crippen LogP contribution in [0, 0.1) is 0 Å². The Morgan fingerprint density at radius 1 is 1.42 bits per heavy atom. The van der Waals surface area contributed by atoms with E-state index >= 15 is 0 Å². The van der Waals surface area contributed by atoms with Crippen molar-refractivity contribution in [2.45, 2.75) is 31.8 Å². The lowest BCUT2D eigenvalue weighted by molar-refractivity contribution is 0.403. The molecule has 106 valence electrons. The third-order valence-electron chi connectivity index (χ3n) is 3.47. The van der Waals surface area contributed by atoms with E-state index in [0.29, 0.717) is 5.75 Å². The van der Waals surface area contributed by atoms with Gasteiger partial charge in [-0.25, -0.2) is 8.42 Å². The van der Waals surface area contributed by atoms with Gasteiger partial charge in [0, 0.05) is 12.1 Å². The van der Waals surface area contributed by atoms with E-state index in [1.165, 1.54) is 0 Å². The SMILES string of the molecule is COc1ccccc1C[C@H](C)N[C@H]1CCS(=O)(=O)C1. The minimum Gasteiger partial charge on any atom is -0.496 e. The minimum atomic E-state index is -2.81. The Morgan fingerprint density at radius 2 is 2.16 bits per heavy atom. The molecule has 0 aliphatic carbocycles. The molecule has 0 aromatic heterocycles. The normalized spacial score (nSPS) is 23.2. The Morgan fingerprint density at radius 3 is 2.79 bits per heavy atom. The van der Waals surface area contributed by atoms with E-state index < -0.39 is 9.84 Å². The van der Waals surface area contributed by atoms with Crippen molar-refractivity contribution < 1.29 is 13.2 Å². The first-order valence-corrected chi connectivity index (χ1v) is 8.40. The van der Waals surface area contributed by atoms with Crippen molar-refractivity contribution in [2.24, 2.45) is 0 Å². The van der Waals surface area contributed by atoms with Crippen LogP contribution in [0.4, 0.5) is 0 Å². The summed E-state index contributed by atoms with van der Waals surface area (Å²) in [5.74, 6) is 1.46. The van der Waals surface area contributed by atoms with Gasteiger partial charge in [0.05, 0.1) is 18.6 Å². The summed E-state index contributed by atoms with van der Waals surface area (Å²) in [6, 6.07) is 8.25. The van der Waals surface area contributed by atoms with Crippen LogP contribution >= 0.6 is 0 Å². The summed E-state index contributed by atoms with van der Waals surface area (Å²) < 4.78 is 28.2. The van der Waals surface area contributed by atoms with Gasteiger partial charge in [-0.2, -0.15) is 0 Å². The molecule has 1 aromatic carbocycles. The van der Waals surface area contributed by atoms with Gasteiger partial charge in [0.25, 0.3) is 0 Å². The average molecular weight is 283 g/mol. The Labute approximate surface area is 115 Å². The number of benzene rings is 1. The highest BCUT2D eigenvalue weighted by atomic mass is 32.2. The largest absolute Gasteiger partial charge is 0.496 e. The summed E-state index contributed by atoms with van der Waals surface area (Å²) >= 11 is 0. The molecule has 19 heavy (non-hydrogen) atoms. The lowest BCUT2D eigenvalue weighted by atomic mass is 10.1. The summed E-state index contributed by atoms with van der Waals surface area (Å²) in [4.78, 5) is 0. The molecule has 1 N–H and O–H groups in total. The lowest BCUT2D eigenvalue weighted by Crippen LogP contribution is -2.38. The number of rotatable bonds is 5. The maximum absolute atomic E-state index is 11.4. The zero-order valence-corrected chi connectivity index (χ0v) is 12.2. The predicted molar refractivity (Wildman–Crippen MR) is 76.4 cm³/mol. The predicted octanol–water partition coefficient (Wildman–Crippen LogP) is 1.40. The number of methoxy groups -OCH3 is 1. The fourth-order valence-electron chi connectivity index (χ4n) is 2.59. The van der Waals surface area contributed by atoms with Crippen molar-refractivity contribution in [2.75, 3.05) is 18.6 Å². The van der Waals surface area contributed by atoms with Crippen molar-refractivity contribution >= 4 is 9.84 Å². The number of nitrogens with one attached hydrogen (secondary N) is 1. The molecule has 1 heterocycles. The van der Waals surface area contributed by atoms with Crippen LogP contribution in [0.25, 0.3) is 0 Å². The molecule has 0 spiro atoms. The first kappa shape index (κ1) is 14.3. The second kappa shape index (κ2) is 5.92. The standard InChI is InChI=1S/C14H21NO3S/c1-11(15-13-7-8-19(16,17)10-13)9-12-5-3-4-6-14(12)18-2/h3-6,11,13,15H,7-10H2,1-2H3/t11-,13-/m0/s1. The fraction of sp³-hybridized carbons (Fsp3) is 0.571. The number of para-hydroxylation sites is 1. The van der Waals surface area contributed by atoms with Gasteiger partial charge in [-0.3, -0.25) is 0 Å². The van der Waals surface area contributed by atoms with Crippen LogP contribution in [0.15, 0.2) is 24.3 Å². The van der Waals surface area contributed by atoms with Crippen molar-refractivity contribution in [3.8, 4) is 5.75 Å². The molecule has 0 saturated carbocycles. The highest BCUT2D eigenvalue weighted by molar-refractivity contribution is 7.91. The summed E-state index contributed by atoms with van der Waals surface area (Å²) in [6.07, 6.45) is 1.55. The van der Waals surface area contributed by atoms with Crippen molar-refractivity contribution in [1.82, 2.24) is 5.32 Å². The van der Waals surface area contributed by atoms with Crippen LogP contribution in [0.5, 0.6) is 5.75 Å². The van der Waals surface area contributed by atoms with Gasteiger partial charge in [-0.15, -0.1) is 0 Å². The molecule has 0 unspecified atom stereocenters. The number of hydrogen-bond donors (Lipinski definition) is 1. The lowest BCUT2D eigenvalue weighted by Gasteiger charge is -2.19. The molecule has 0 radical (unpaired) electrons. The number of ether oxygens (including phenoxy) is 1. The molecule has 1 saturated heterocycles. The van der Waals surface area contributed by atoms with Gasteiger partial charge in [0.2, 0.25) is 0 Å². The van der Waals surface area contributed by atoms with Gasteiger partial charge in [-0.05, 0) is 31.4 Å². The maximum atomic E-state index is 11.4. The molecule has 1 aliphatic rings. The molecule has 0 bridgehead atoms. The van der Waals surface area contributed by atoms with E-state index in [1.807, 2.05) is 24.3 Å². The van der Waals surface area contributed by atoms with E-state index in [4.69, 9.17) is 4.74 Å². The van der Waals surface area contributed by atoms with Gasteiger partial charge >= 0.3 is 0 Å². The summed E-state index contributed by atoms with van der Waals surface area (Å²) in [5, 5.41) is 3.40. The summed E-state index contributed by atoms with van der Waals surface area (Å²) in [7, 11) is -1.15. The summed E-state index contributed by atoms with van der Waals surface area (Å²) in [5.41, 5.74) is 1.14. The van der Waals surface area contributed by atoms with Crippen LogP contribution < -0.4 is 10.1 Å². The van der Waals surface area contributed by atoms with Gasteiger partial charge < -0.3 is 10.1 Å². The molecular weight excluding hydrogens is 262 g/mol. The third-order valence-corrected chi connectivity index (χ3v) is 5.24. The molecule has 1 aromatic rings. The van der Waals surface area contributed by atoms with Crippen LogP contribution in [0.1, 0.15) is 18.9 Å². The van der Waals surface area contributed by atoms with Gasteiger partial charge in [0.1, 0.15) is 5.75 Å². The highest BCUT2D eigenvalue weighted by Crippen LogP contribution is 2.19. The second-order valence-electron chi connectivity index (χ2n) is 5.18. The molecule has 4 nitrogen and oxygen atoms in total. The smallest absolute Gasteiger partial charge is 0.151 e. The van der Waals surface area contributed by atoms with Crippen molar-refractivity contribution in [3.05, 3.63) is 29.8 Å². The van der Waals surface area contributed by atoms with E-state index in [1.54, 1.807) is 7.11 Å². The topological polar surface area (TPSA) is 55.4 Å². The van der Waals surface area contributed by atoms with Gasteiger partial charge in [-0.1, -0.05) is 18.2 Å². The minimum absolute atomic E-state index is 0.0923. The van der Waals surface area contributed by atoms with Crippen LogP contribution in [0.2, 0.25) is 0 Å². The van der Waals surface area contributed by atoms with Crippen molar-refractivity contribution in [3.63, 3.8) is 0 Å². The zero-order valence-electron chi connectivity index (χ0n) is 11.4. The average Bonchev–Trinajstić information content (AvgIpc) is 2.69. The highest BCUT2D eigenvalue weighted by Gasteiger charge is 2.28. The van der Waals surface area contributed by atoms with Crippen LogP contribution in [0.3, 0.4) is 0 Å². The molecule has 0 amide bonds. The first-order valence-electron chi connectivity index (χ1n) is 6.58. The molecule has 1 aliphatic heterocycles. The fourth-order valence-corrected chi connectivity index (χ4v) is 4.28. The zero-order chi connectivity index (χ0) is 13.9. The molecule has 1 fully saturated rings. The van der Waals surface area contributed by atoms with Crippen molar-refractivity contribution in [1.29, 1.82) is 0 Å². The quantitative estimate of drug-likeness (QED) is 0.887. The van der Waals surface area contributed by atoms with Crippen LogP contribution in [-0.4, -0.2) is 39.1 Å². The molecule has 5 heteroatoms. The Balaban J connectivity index is 1.93. The number of hydrogen-bond acceptors (Lipinski definition) is 4. The molecule has 2 atom stereocenters. The Hall–Kier alpha value is -1.07. The Bertz CT molecular complexity index is 527. The summed E-state index contributed by atoms with van der Waals surface area (Å²) in [6.45, 7) is 2.08. The maximum Gasteiger partial charge on any atom is 0.151 e. The molecular formula is C14H21NO3S. The number of sulfone groups is 1. The van der Waals surface area contributed by atoms with E-state index in [-0.39, 0.29) is 17.8 Å². The monoisotopic (exact) mass is 283 g/mol. The van der Waals surface area contributed by atoms with E-state index in [0.717, 1.165) is 24.2 Å². The van der Waals surface area contributed by atoms with Crippen LogP contribution in [-0.2, 0) is 16.3 Å². The third kappa shape index (κ3) is 3.94. The van der Waals surface area contributed by atoms with E-state index in [9.17, 15) is 8.42 Å². The van der Waals surface area contributed by atoms with E-state index in [2.05, 4.69) is 12.2 Å². The second-order valence-corrected chi connectivity index (χ2v) is 7.41. The Kier molecular flexibility index (Phi) is 4.47. The molecule has 2 rings (SSSR count).